The van der Waals surface area contributed by atoms with Crippen LogP contribution in [0.3, 0.4) is 0 Å². The number of nitro benzene ring substituents is 1. The van der Waals surface area contributed by atoms with Gasteiger partial charge in [-0.3, -0.25) is 10.1 Å². The van der Waals surface area contributed by atoms with E-state index in [0.29, 0.717) is 12.4 Å². The second-order valence-corrected chi connectivity index (χ2v) is 6.12. The van der Waals surface area contributed by atoms with Crippen molar-refractivity contribution in [3.05, 3.63) is 27.3 Å². The number of ether oxygens (including phenoxy) is 1. The first-order chi connectivity index (χ1) is 9.63. The SMILES string of the molecule is Cc1nc2cc(OCC3CCCN3)c([N+](=O)[O-])cc2s1. The number of hydrogen-bond acceptors (Lipinski definition) is 6. The van der Waals surface area contributed by atoms with Crippen LogP contribution in [0.25, 0.3) is 10.2 Å². The summed E-state index contributed by atoms with van der Waals surface area (Å²) in [5, 5.41) is 15.4. The maximum Gasteiger partial charge on any atom is 0.312 e. The van der Waals surface area contributed by atoms with Crippen LogP contribution in [0.15, 0.2) is 12.1 Å². The molecule has 1 aliphatic rings. The molecule has 0 aliphatic carbocycles. The van der Waals surface area contributed by atoms with Gasteiger partial charge in [0.2, 0.25) is 0 Å². The van der Waals surface area contributed by atoms with Crippen molar-refractivity contribution in [3.63, 3.8) is 0 Å². The van der Waals surface area contributed by atoms with E-state index >= 15 is 0 Å². The van der Waals surface area contributed by atoms with Crippen LogP contribution in [0.5, 0.6) is 5.75 Å². The van der Waals surface area contributed by atoms with Crippen molar-refractivity contribution in [2.75, 3.05) is 13.2 Å². The number of aromatic nitrogens is 1. The van der Waals surface area contributed by atoms with E-state index in [1.165, 1.54) is 11.3 Å². The summed E-state index contributed by atoms with van der Waals surface area (Å²) in [6.45, 7) is 3.33. The number of aryl methyl sites for hydroxylation is 1. The Hall–Kier alpha value is -1.73. The average molecular weight is 293 g/mol. The molecule has 1 N–H and O–H groups in total. The summed E-state index contributed by atoms with van der Waals surface area (Å²) in [7, 11) is 0. The van der Waals surface area contributed by atoms with Crippen LogP contribution in [0.4, 0.5) is 5.69 Å². The lowest BCUT2D eigenvalue weighted by atomic mass is 10.2. The second-order valence-electron chi connectivity index (χ2n) is 4.88. The molecule has 2 heterocycles. The Kier molecular flexibility index (Phi) is 3.54. The number of rotatable bonds is 4. The monoisotopic (exact) mass is 293 g/mol. The van der Waals surface area contributed by atoms with Crippen molar-refractivity contribution in [1.82, 2.24) is 10.3 Å². The van der Waals surface area contributed by atoms with Crippen LogP contribution in [-0.2, 0) is 0 Å². The number of hydrogen-bond donors (Lipinski definition) is 1. The molecule has 1 atom stereocenters. The van der Waals surface area contributed by atoms with Crippen molar-refractivity contribution in [2.24, 2.45) is 0 Å². The first-order valence-electron chi connectivity index (χ1n) is 6.55. The number of nitro groups is 1. The Morgan fingerprint density at radius 3 is 3.15 bits per heavy atom. The Bertz CT molecular complexity index is 650. The van der Waals surface area contributed by atoms with Gasteiger partial charge in [-0.25, -0.2) is 4.98 Å². The highest BCUT2D eigenvalue weighted by atomic mass is 32.1. The number of fused-ring (bicyclic) bond motifs is 1. The third-order valence-corrected chi connectivity index (χ3v) is 4.31. The van der Waals surface area contributed by atoms with E-state index < -0.39 is 4.92 Å². The van der Waals surface area contributed by atoms with Gasteiger partial charge in [0.05, 0.1) is 20.1 Å². The van der Waals surface area contributed by atoms with Gasteiger partial charge in [-0.2, -0.15) is 0 Å². The molecule has 1 fully saturated rings. The zero-order valence-electron chi connectivity index (χ0n) is 11.1. The minimum atomic E-state index is -0.397. The Balaban J connectivity index is 1.89. The van der Waals surface area contributed by atoms with Crippen molar-refractivity contribution < 1.29 is 9.66 Å². The summed E-state index contributed by atoms with van der Waals surface area (Å²) in [5.41, 5.74) is 0.770. The third kappa shape index (κ3) is 2.59. The van der Waals surface area contributed by atoms with E-state index in [2.05, 4.69) is 10.3 Å². The zero-order valence-corrected chi connectivity index (χ0v) is 11.9. The molecule has 3 rings (SSSR count). The third-order valence-electron chi connectivity index (χ3n) is 3.38. The normalized spacial score (nSPS) is 18.6. The summed E-state index contributed by atoms with van der Waals surface area (Å²) < 4.78 is 6.48. The lowest BCUT2D eigenvalue weighted by molar-refractivity contribution is -0.385. The van der Waals surface area contributed by atoms with Gasteiger partial charge in [0.1, 0.15) is 6.61 Å². The Labute approximate surface area is 119 Å². The maximum absolute atomic E-state index is 11.2. The topological polar surface area (TPSA) is 77.3 Å². The van der Waals surface area contributed by atoms with Crippen LogP contribution >= 0.6 is 11.3 Å². The minimum absolute atomic E-state index is 0.0131. The van der Waals surface area contributed by atoms with Gasteiger partial charge in [0.15, 0.2) is 5.75 Å². The predicted octanol–water partition coefficient (Wildman–Crippen LogP) is 2.64. The summed E-state index contributed by atoms with van der Waals surface area (Å²) in [6.07, 6.45) is 2.17. The van der Waals surface area contributed by atoms with E-state index in [1.807, 2.05) is 6.92 Å². The lowest BCUT2D eigenvalue weighted by Crippen LogP contribution is -2.28. The van der Waals surface area contributed by atoms with Crippen LogP contribution < -0.4 is 10.1 Å². The van der Waals surface area contributed by atoms with Gasteiger partial charge >= 0.3 is 5.69 Å². The second kappa shape index (κ2) is 5.34. The zero-order chi connectivity index (χ0) is 14.1. The molecule has 6 nitrogen and oxygen atoms in total. The molecule has 0 spiro atoms. The van der Waals surface area contributed by atoms with Gasteiger partial charge in [0, 0.05) is 18.2 Å². The molecule has 1 aliphatic heterocycles. The van der Waals surface area contributed by atoms with Gasteiger partial charge < -0.3 is 10.1 Å². The first kappa shape index (κ1) is 13.3. The van der Waals surface area contributed by atoms with E-state index in [1.54, 1.807) is 12.1 Å². The average Bonchev–Trinajstić information content (AvgIpc) is 3.02. The largest absolute Gasteiger partial charge is 0.485 e. The van der Waals surface area contributed by atoms with E-state index in [-0.39, 0.29) is 11.7 Å². The molecule has 1 unspecified atom stereocenters. The van der Waals surface area contributed by atoms with Crippen molar-refractivity contribution in [1.29, 1.82) is 0 Å². The summed E-state index contributed by atoms with van der Waals surface area (Å²) in [5.74, 6) is 0.307. The molecule has 2 aromatic rings. The van der Waals surface area contributed by atoms with Crippen molar-refractivity contribution in [3.8, 4) is 5.75 Å². The molecule has 1 saturated heterocycles. The molecule has 1 aromatic carbocycles. The summed E-state index contributed by atoms with van der Waals surface area (Å²) in [6, 6.07) is 3.51. The summed E-state index contributed by atoms with van der Waals surface area (Å²) in [4.78, 5) is 15.1. The molecule has 0 radical (unpaired) electrons. The van der Waals surface area contributed by atoms with E-state index in [9.17, 15) is 10.1 Å². The molecule has 7 heteroatoms. The molecule has 1 aromatic heterocycles. The van der Waals surface area contributed by atoms with Gasteiger partial charge in [-0.1, -0.05) is 0 Å². The number of thiazole rings is 1. The first-order valence-corrected chi connectivity index (χ1v) is 7.37. The standard InChI is InChI=1S/C13H15N3O3S/c1-8-15-10-5-12(19-7-9-3-2-4-14-9)11(16(17)18)6-13(10)20-8/h5-6,9,14H,2-4,7H2,1H3. The fraction of sp³-hybridized carbons (Fsp3) is 0.462. The Morgan fingerprint density at radius 2 is 2.45 bits per heavy atom. The smallest absolute Gasteiger partial charge is 0.312 e. The number of benzene rings is 1. The van der Waals surface area contributed by atoms with Gasteiger partial charge in [-0.05, 0) is 26.3 Å². The van der Waals surface area contributed by atoms with Crippen molar-refractivity contribution >= 4 is 27.2 Å². The highest BCUT2D eigenvalue weighted by Crippen LogP contribution is 2.34. The van der Waals surface area contributed by atoms with Crippen LogP contribution in [0.2, 0.25) is 0 Å². The molecule has 106 valence electrons. The Morgan fingerprint density at radius 1 is 1.60 bits per heavy atom. The summed E-state index contributed by atoms with van der Waals surface area (Å²) >= 11 is 1.45. The molecule has 20 heavy (non-hydrogen) atoms. The number of nitrogens with zero attached hydrogens (tertiary/aromatic N) is 2. The predicted molar refractivity (Wildman–Crippen MR) is 77.5 cm³/mol. The minimum Gasteiger partial charge on any atom is -0.485 e. The van der Waals surface area contributed by atoms with Crippen LogP contribution in [0, 0.1) is 17.0 Å². The van der Waals surface area contributed by atoms with Crippen LogP contribution in [0.1, 0.15) is 17.8 Å². The molecule has 0 amide bonds. The lowest BCUT2D eigenvalue weighted by Gasteiger charge is -2.12. The maximum atomic E-state index is 11.2. The molecular weight excluding hydrogens is 278 g/mol. The van der Waals surface area contributed by atoms with Gasteiger partial charge in [0.25, 0.3) is 0 Å². The van der Waals surface area contributed by atoms with E-state index in [4.69, 9.17) is 4.74 Å². The molecule has 0 bridgehead atoms. The highest BCUT2D eigenvalue weighted by molar-refractivity contribution is 7.18. The van der Waals surface area contributed by atoms with Gasteiger partial charge in [-0.15, -0.1) is 11.3 Å². The molecular formula is C13H15N3O3S. The van der Waals surface area contributed by atoms with Crippen LogP contribution in [-0.4, -0.2) is 29.1 Å². The number of nitrogens with one attached hydrogen (secondary N) is 1. The van der Waals surface area contributed by atoms with Crippen molar-refractivity contribution in [2.45, 2.75) is 25.8 Å². The highest BCUT2D eigenvalue weighted by Gasteiger charge is 2.21. The fourth-order valence-electron chi connectivity index (χ4n) is 2.41. The molecule has 0 saturated carbocycles. The fourth-order valence-corrected chi connectivity index (χ4v) is 3.25. The van der Waals surface area contributed by atoms with E-state index in [0.717, 1.165) is 34.6 Å². The quantitative estimate of drug-likeness (QED) is 0.692.